The van der Waals surface area contributed by atoms with Gasteiger partial charge in [0, 0.05) is 11.8 Å². The number of rotatable bonds is 8. The van der Waals surface area contributed by atoms with Crippen LogP contribution in [0.2, 0.25) is 0 Å². The normalized spacial score (nSPS) is 9.93. The topological polar surface area (TPSA) is 134 Å². The number of carbonyl (C=O) groups excluding carboxylic acids is 3. The number of nitrogens with zero attached hydrogens (tertiary/aromatic N) is 2. The zero-order chi connectivity index (χ0) is 19.6. The van der Waals surface area contributed by atoms with Gasteiger partial charge >= 0.3 is 5.97 Å². The van der Waals surface area contributed by atoms with E-state index in [-0.39, 0.29) is 17.4 Å². The molecule has 0 fully saturated rings. The number of aryl methyl sites for hydroxylation is 1. The van der Waals surface area contributed by atoms with Gasteiger partial charge in [-0.1, -0.05) is 11.2 Å². The molecule has 0 spiro atoms. The molecule has 2 rings (SSSR count). The number of esters is 1. The SMILES string of the molecule is Cc1cc(NC(=O)CSCC(=O)OCC(=O)Nc2cccc(C#N)c2)no1. The number of nitriles is 1. The van der Waals surface area contributed by atoms with Crippen LogP contribution in [0.25, 0.3) is 0 Å². The van der Waals surface area contributed by atoms with Crippen LogP contribution < -0.4 is 10.6 Å². The second-order valence-electron chi connectivity index (χ2n) is 5.27. The molecule has 9 nitrogen and oxygen atoms in total. The average molecular weight is 388 g/mol. The number of hydrogen-bond acceptors (Lipinski definition) is 8. The van der Waals surface area contributed by atoms with Gasteiger partial charge < -0.3 is 19.9 Å². The van der Waals surface area contributed by atoms with Crippen LogP contribution in [0.5, 0.6) is 0 Å². The summed E-state index contributed by atoms with van der Waals surface area (Å²) < 4.78 is 9.66. The zero-order valence-electron chi connectivity index (χ0n) is 14.4. The first kappa shape index (κ1) is 20.0. The number of thioether (sulfide) groups is 1. The van der Waals surface area contributed by atoms with Crippen LogP contribution in [0.1, 0.15) is 11.3 Å². The fraction of sp³-hybridized carbons (Fsp3) is 0.235. The zero-order valence-corrected chi connectivity index (χ0v) is 15.2. The smallest absolute Gasteiger partial charge is 0.316 e. The Morgan fingerprint density at radius 1 is 1.22 bits per heavy atom. The lowest BCUT2D eigenvalue weighted by atomic mass is 10.2. The Morgan fingerprint density at radius 2 is 2.04 bits per heavy atom. The summed E-state index contributed by atoms with van der Waals surface area (Å²) >= 11 is 1.04. The Kier molecular flexibility index (Phi) is 7.39. The third-order valence-electron chi connectivity index (χ3n) is 2.99. The largest absolute Gasteiger partial charge is 0.455 e. The van der Waals surface area contributed by atoms with E-state index in [1.165, 1.54) is 6.07 Å². The third-order valence-corrected chi connectivity index (χ3v) is 3.89. The van der Waals surface area contributed by atoms with Crippen molar-refractivity contribution in [2.45, 2.75) is 6.92 Å². The van der Waals surface area contributed by atoms with Crippen molar-refractivity contribution in [2.75, 3.05) is 28.7 Å². The molecule has 140 valence electrons. The predicted molar refractivity (Wildman–Crippen MR) is 97.9 cm³/mol. The lowest BCUT2D eigenvalue weighted by molar-refractivity contribution is -0.144. The molecule has 0 atom stereocenters. The van der Waals surface area contributed by atoms with E-state index >= 15 is 0 Å². The molecule has 10 heteroatoms. The van der Waals surface area contributed by atoms with Crippen LogP contribution in [0, 0.1) is 18.3 Å². The quantitative estimate of drug-likeness (QED) is 0.653. The molecule has 2 aromatic rings. The van der Waals surface area contributed by atoms with Gasteiger partial charge in [0.2, 0.25) is 5.91 Å². The van der Waals surface area contributed by atoms with Gasteiger partial charge in [-0.15, -0.1) is 11.8 Å². The molecular formula is C17H16N4O5S. The fourth-order valence-electron chi connectivity index (χ4n) is 1.88. The number of nitrogens with one attached hydrogen (secondary N) is 2. The van der Waals surface area contributed by atoms with E-state index in [9.17, 15) is 14.4 Å². The van der Waals surface area contributed by atoms with Gasteiger partial charge in [0.1, 0.15) is 5.76 Å². The van der Waals surface area contributed by atoms with Gasteiger partial charge in [-0.25, -0.2) is 0 Å². The van der Waals surface area contributed by atoms with Crippen molar-refractivity contribution in [1.29, 1.82) is 5.26 Å². The van der Waals surface area contributed by atoms with Crippen molar-refractivity contribution in [3.05, 3.63) is 41.7 Å². The maximum atomic E-state index is 11.7. The Bertz CT molecular complexity index is 874. The summed E-state index contributed by atoms with van der Waals surface area (Å²) in [6.45, 7) is 1.24. The maximum absolute atomic E-state index is 11.7. The Morgan fingerprint density at radius 3 is 2.74 bits per heavy atom. The number of aromatic nitrogens is 1. The highest BCUT2D eigenvalue weighted by molar-refractivity contribution is 8.00. The summed E-state index contributed by atoms with van der Waals surface area (Å²) in [4.78, 5) is 35.0. The summed E-state index contributed by atoms with van der Waals surface area (Å²) in [5, 5.41) is 17.5. The number of benzene rings is 1. The average Bonchev–Trinajstić information content (AvgIpc) is 3.04. The number of anilines is 2. The molecule has 0 saturated carbocycles. The molecule has 2 amide bonds. The molecule has 1 aromatic heterocycles. The van der Waals surface area contributed by atoms with Crippen LogP contribution in [-0.4, -0.2) is 41.1 Å². The first-order chi connectivity index (χ1) is 13.0. The first-order valence-corrected chi connectivity index (χ1v) is 8.88. The lowest BCUT2D eigenvalue weighted by Crippen LogP contribution is -2.22. The van der Waals surface area contributed by atoms with Crippen LogP contribution >= 0.6 is 11.8 Å². The molecule has 0 saturated heterocycles. The van der Waals surface area contributed by atoms with Crippen LogP contribution in [0.3, 0.4) is 0 Å². The Hall–Kier alpha value is -3.32. The van der Waals surface area contributed by atoms with Crippen molar-refractivity contribution in [1.82, 2.24) is 5.16 Å². The van der Waals surface area contributed by atoms with Crippen molar-refractivity contribution >= 4 is 41.1 Å². The van der Waals surface area contributed by atoms with Crippen LogP contribution in [0.4, 0.5) is 11.5 Å². The highest BCUT2D eigenvalue weighted by atomic mass is 32.2. The van der Waals surface area contributed by atoms with Gasteiger partial charge in [0.05, 0.1) is 23.1 Å². The summed E-state index contributed by atoms with van der Waals surface area (Å²) in [7, 11) is 0. The third kappa shape index (κ3) is 7.21. The van der Waals surface area contributed by atoms with E-state index in [0.29, 0.717) is 22.8 Å². The molecule has 0 radical (unpaired) electrons. The number of amides is 2. The van der Waals surface area contributed by atoms with Crippen molar-refractivity contribution in [2.24, 2.45) is 0 Å². The van der Waals surface area contributed by atoms with E-state index < -0.39 is 18.5 Å². The monoisotopic (exact) mass is 388 g/mol. The molecule has 27 heavy (non-hydrogen) atoms. The van der Waals surface area contributed by atoms with E-state index in [1.54, 1.807) is 31.2 Å². The highest BCUT2D eigenvalue weighted by Gasteiger charge is 2.11. The Balaban J connectivity index is 1.63. The molecule has 1 aromatic carbocycles. The second kappa shape index (κ2) is 9.98. The standard InChI is InChI=1S/C17H16N4O5S/c1-11-5-14(21-26-11)20-16(23)9-27-10-17(24)25-8-15(22)19-13-4-2-3-12(6-13)7-18/h2-6H,8-10H2,1H3,(H,19,22)(H,20,21,23). The fourth-order valence-corrected chi connectivity index (χ4v) is 2.49. The summed E-state index contributed by atoms with van der Waals surface area (Å²) in [6, 6.07) is 9.88. The molecule has 0 unspecified atom stereocenters. The molecule has 0 aliphatic rings. The molecule has 0 aliphatic heterocycles. The summed E-state index contributed by atoms with van der Waals surface area (Å²) in [5.41, 5.74) is 0.837. The molecule has 1 heterocycles. The lowest BCUT2D eigenvalue weighted by Gasteiger charge is -2.07. The molecule has 0 bridgehead atoms. The predicted octanol–water partition coefficient (Wildman–Crippen LogP) is 1.71. The van der Waals surface area contributed by atoms with Gasteiger partial charge in [-0.05, 0) is 25.1 Å². The number of hydrogen-bond donors (Lipinski definition) is 2. The van der Waals surface area contributed by atoms with Crippen molar-refractivity contribution in [3.63, 3.8) is 0 Å². The van der Waals surface area contributed by atoms with E-state index in [1.807, 2.05) is 6.07 Å². The minimum Gasteiger partial charge on any atom is -0.455 e. The molecule has 2 N–H and O–H groups in total. The van der Waals surface area contributed by atoms with Gasteiger partial charge in [-0.2, -0.15) is 5.26 Å². The molecular weight excluding hydrogens is 372 g/mol. The minimum absolute atomic E-state index is 0.0220. The van der Waals surface area contributed by atoms with Crippen LogP contribution in [0.15, 0.2) is 34.9 Å². The van der Waals surface area contributed by atoms with E-state index in [0.717, 1.165) is 11.8 Å². The summed E-state index contributed by atoms with van der Waals surface area (Å²) in [5.74, 6) is -0.668. The van der Waals surface area contributed by atoms with Crippen molar-refractivity contribution < 1.29 is 23.6 Å². The maximum Gasteiger partial charge on any atom is 0.316 e. The summed E-state index contributed by atoms with van der Waals surface area (Å²) in [6.07, 6.45) is 0. The minimum atomic E-state index is -0.619. The first-order valence-electron chi connectivity index (χ1n) is 7.73. The highest BCUT2D eigenvalue weighted by Crippen LogP contribution is 2.10. The van der Waals surface area contributed by atoms with E-state index in [4.69, 9.17) is 14.5 Å². The van der Waals surface area contributed by atoms with Crippen molar-refractivity contribution in [3.8, 4) is 6.07 Å². The van der Waals surface area contributed by atoms with Gasteiger partial charge in [0.25, 0.3) is 5.91 Å². The number of ether oxygens (including phenoxy) is 1. The molecule has 0 aliphatic carbocycles. The second-order valence-corrected chi connectivity index (χ2v) is 6.25. The van der Waals surface area contributed by atoms with Gasteiger partial charge in [-0.3, -0.25) is 14.4 Å². The van der Waals surface area contributed by atoms with Gasteiger partial charge in [0.15, 0.2) is 12.4 Å². The van der Waals surface area contributed by atoms with Crippen LogP contribution in [-0.2, 0) is 19.1 Å². The van der Waals surface area contributed by atoms with E-state index in [2.05, 4.69) is 15.8 Å². The number of carbonyl (C=O) groups is 3. The Labute approximate surface area is 159 Å².